The highest BCUT2D eigenvalue weighted by Crippen LogP contribution is 2.03. The topological polar surface area (TPSA) is 41.6 Å². The largest absolute Gasteiger partial charge is 0.463 e. The molecule has 0 unspecified atom stereocenters. The van der Waals surface area contributed by atoms with E-state index in [1.165, 1.54) is 18.9 Å². The van der Waals surface area contributed by atoms with Gasteiger partial charge in [0.1, 0.15) is 0 Å². The predicted octanol–water partition coefficient (Wildman–Crippen LogP) is 0.664. The van der Waals surface area contributed by atoms with E-state index in [1.807, 2.05) is 0 Å². The average Bonchev–Trinajstić information content (AvgIpc) is 2.57. The first-order chi connectivity index (χ1) is 6.33. The Kier molecular flexibility index (Phi) is 4.32. The summed E-state index contributed by atoms with van der Waals surface area (Å²) in [4.78, 5) is 10.8. The molecule has 0 aliphatic carbocycles. The second-order valence-corrected chi connectivity index (χ2v) is 2.91. The molecule has 0 atom stereocenters. The van der Waals surface area contributed by atoms with Crippen LogP contribution in [0.3, 0.4) is 0 Å². The fourth-order valence-corrected chi connectivity index (χ4v) is 1.25. The van der Waals surface area contributed by atoms with Crippen LogP contribution in [0.25, 0.3) is 0 Å². The SMILES string of the molecule is CCOC(=O)C=CNN1CCCC1. The van der Waals surface area contributed by atoms with Crippen LogP contribution in [0.1, 0.15) is 19.8 Å². The molecule has 0 saturated carbocycles. The quantitative estimate of drug-likeness (QED) is 0.515. The van der Waals surface area contributed by atoms with Crippen molar-refractivity contribution in [1.29, 1.82) is 0 Å². The summed E-state index contributed by atoms with van der Waals surface area (Å²) < 4.78 is 4.72. The van der Waals surface area contributed by atoms with E-state index in [2.05, 4.69) is 10.4 Å². The van der Waals surface area contributed by atoms with E-state index >= 15 is 0 Å². The Bertz CT molecular complexity index is 186. The second kappa shape index (κ2) is 5.59. The molecule has 0 radical (unpaired) electrons. The van der Waals surface area contributed by atoms with Crippen LogP contribution in [-0.4, -0.2) is 30.7 Å². The highest BCUT2D eigenvalue weighted by atomic mass is 16.5. The zero-order chi connectivity index (χ0) is 9.52. The maximum Gasteiger partial charge on any atom is 0.332 e. The van der Waals surface area contributed by atoms with E-state index in [4.69, 9.17) is 4.74 Å². The van der Waals surface area contributed by atoms with Gasteiger partial charge in [-0.15, -0.1) is 0 Å². The Morgan fingerprint density at radius 2 is 2.23 bits per heavy atom. The van der Waals surface area contributed by atoms with Crippen molar-refractivity contribution in [3.05, 3.63) is 12.3 Å². The molecular weight excluding hydrogens is 168 g/mol. The molecule has 1 saturated heterocycles. The van der Waals surface area contributed by atoms with Crippen molar-refractivity contribution in [3.63, 3.8) is 0 Å². The molecule has 1 aliphatic rings. The highest BCUT2D eigenvalue weighted by Gasteiger charge is 2.08. The smallest absolute Gasteiger partial charge is 0.332 e. The van der Waals surface area contributed by atoms with E-state index in [0.717, 1.165) is 13.1 Å². The standard InChI is InChI=1S/C9H16N2O2/c1-2-13-9(12)5-6-10-11-7-3-4-8-11/h5-6,10H,2-4,7-8H2,1H3. The molecular formula is C9H16N2O2. The third kappa shape index (κ3) is 3.94. The molecule has 0 aromatic rings. The fourth-order valence-electron chi connectivity index (χ4n) is 1.25. The maximum atomic E-state index is 10.8. The summed E-state index contributed by atoms with van der Waals surface area (Å²) in [7, 11) is 0. The fraction of sp³-hybridized carbons (Fsp3) is 0.667. The van der Waals surface area contributed by atoms with Crippen molar-refractivity contribution >= 4 is 5.97 Å². The van der Waals surface area contributed by atoms with E-state index < -0.39 is 0 Å². The third-order valence-electron chi connectivity index (χ3n) is 1.87. The Hall–Kier alpha value is -1.03. The number of ether oxygens (including phenoxy) is 1. The van der Waals surface area contributed by atoms with Crippen molar-refractivity contribution in [1.82, 2.24) is 10.4 Å². The molecule has 1 fully saturated rings. The number of esters is 1. The molecule has 0 aromatic heterocycles. The van der Waals surface area contributed by atoms with Gasteiger partial charge in [0.2, 0.25) is 0 Å². The number of hydrazine groups is 1. The van der Waals surface area contributed by atoms with Crippen LogP contribution >= 0.6 is 0 Å². The summed E-state index contributed by atoms with van der Waals surface area (Å²) >= 11 is 0. The third-order valence-corrected chi connectivity index (χ3v) is 1.87. The van der Waals surface area contributed by atoms with Gasteiger partial charge >= 0.3 is 5.97 Å². The van der Waals surface area contributed by atoms with Gasteiger partial charge in [-0.25, -0.2) is 9.80 Å². The first kappa shape index (κ1) is 10.1. The summed E-state index contributed by atoms with van der Waals surface area (Å²) in [6, 6.07) is 0. The highest BCUT2D eigenvalue weighted by molar-refractivity contribution is 5.81. The van der Waals surface area contributed by atoms with Crippen LogP contribution in [0.4, 0.5) is 0 Å². The van der Waals surface area contributed by atoms with Gasteiger partial charge in [-0.1, -0.05) is 0 Å². The molecule has 74 valence electrons. The molecule has 13 heavy (non-hydrogen) atoms. The van der Waals surface area contributed by atoms with Crippen molar-refractivity contribution < 1.29 is 9.53 Å². The predicted molar refractivity (Wildman–Crippen MR) is 49.7 cm³/mol. The lowest BCUT2D eigenvalue weighted by atomic mass is 10.4. The minimum absolute atomic E-state index is 0.297. The molecule has 1 heterocycles. The monoisotopic (exact) mass is 184 g/mol. The van der Waals surface area contributed by atoms with E-state index in [1.54, 1.807) is 13.1 Å². The van der Waals surface area contributed by atoms with Crippen LogP contribution in [-0.2, 0) is 9.53 Å². The van der Waals surface area contributed by atoms with Gasteiger partial charge in [0.15, 0.2) is 0 Å². The van der Waals surface area contributed by atoms with Crippen LogP contribution in [0.15, 0.2) is 12.3 Å². The van der Waals surface area contributed by atoms with Crippen LogP contribution in [0.2, 0.25) is 0 Å². The Labute approximate surface area is 78.5 Å². The first-order valence-electron chi connectivity index (χ1n) is 4.67. The number of nitrogens with zero attached hydrogens (tertiary/aromatic N) is 1. The van der Waals surface area contributed by atoms with Crippen molar-refractivity contribution in [2.24, 2.45) is 0 Å². The summed E-state index contributed by atoms with van der Waals surface area (Å²) in [5, 5.41) is 2.08. The van der Waals surface area contributed by atoms with Gasteiger partial charge < -0.3 is 10.2 Å². The van der Waals surface area contributed by atoms with Gasteiger partial charge in [-0.05, 0) is 19.8 Å². The van der Waals surface area contributed by atoms with E-state index in [9.17, 15) is 4.79 Å². The van der Waals surface area contributed by atoms with Gasteiger partial charge in [-0.2, -0.15) is 0 Å². The average molecular weight is 184 g/mol. The first-order valence-corrected chi connectivity index (χ1v) is 4.67. The van der Waals surface area contributed by atoms with E-state index in [-0.39, 0.29) is 5.97 Å². The number of carbonyl (C=O) groups is 1. The summed E-state index contributed by atoms with van der Waals surface area (Å²) in [5.74, 6) is -0.297. The zero-order valence-electron chi connectivity index (χ0n) is 7.95. The van der Waals surface area contributed by atoms with Crippen molar-refractivity contribution in [3.8, 4) is 0 Å². The molecule has 0 spiro atoms. The molecule has 1 N–H and O–H groups in total. The molecule has 0 aromatic carbocycles. The lowest BCUT2D eigenvalue weighted by molar-refractivity contribution is -0.137. The number of hydrogen-bond acceptors (Lipinski definition) is 4. The molecule has 1 rings (SSSR count). The van der Waals surface area contributed by atoms with Crippen LogP contribution in [0, 0.1) is 0 Å². The van der Waals surface area contributed by atoms with Crippen molar-refractivity contribution in [2.75, 3.05) is 19.7 Å². The lowest BCUT2D eigenvalue weighted by Gasteiger charge is -2.13. The minimum Gasteiger partial charge on any atom is -0.463 e. The molecule has 0 bridgehead atoms. The molecule has 0 amide bonds. The van der Waals surface area contributed by atoms with Crippen LogP contribution < -0.4 is 5.43 Å². The summed E-state index contributed by atoms with van der Waals surface area (Å²) in [5.41, 5.74) is 3.02. The van der Waals surface area contributed by atoms with Gasteiger partial charge in [0.25, 0.3) is 0 Å². The summed E-state index contributed by atoms with van der Waals surface area (Å²) in [6.07, 6.45) is 5.48. The van der Waals surface area contributed by atoms with Crippen molar-refractivity contribution in [2.45, 2.75) is 19.8 Å². The maximum absolute atomic E-state index is 10.8. The number of carbonyl (C=O) groups excluding carboxylic acids is 1. The number of nitrogens with one attached hydrogen (secondary N) is 1. The number of hydrogen-bond donors (Lipinski definition) is 1. The van der Waals surface area contributed by atoms with E-state index in [0.29, 0.717) is 6.61 Å². The minimum atomic E-state index is -0.297. The summed E-state index contributed by atoms with van der Waals surface area (Å²) in [6.45, 7) is 4.31. The second-order valence-electron chi connectivity index (χ2n) is 2.91. The lowest BCUT2D eigenvalue weighted by Crippen LogP contribution is -2.30. The van der Waals surface area contributed by atoms with Gasteiger partial charge in [0, 0.05) is 25.4 Å². The van der Waals surface area contributed by atoms with Crippen LogP contribution in [0.5, 0.6) is 0 Å². The molecule has 4 nitrogen and oxygen atoms in total. The van der Waals surface area contributed by atoms with Gasteiger partial charge in [0.05, 0.1) is 6.61 Å². The number of rotatable bonds is 4. The normalized spacial score (nSPS) is 17.9. The Morgan fingerprint density at radius 1 is 1.54 bits per heavy atom. The zero-order valence-corrected chi connectivity index (χ0v) is 7.95. The molecule has 1 aliphatic heterocycles. The Morgan fingerprint density at radius 3 is 2.85 bits per heavy atom. The van der Waals surface area contributed by atoms with Gasteiger partial charge in [-0.3, -0.25) is 0 Å². The Balaban J connectivity index is 2.12. The molecule has 4 heteroatoms.